The lowest BCUT2D eigenvalue weighted by Crippen LogP contribution is -2.00. The number of nitrogens with two attached hydrogens (primary N) is 1. The second kappa shape index (κ2) is 4.55. The Morgan fingerprint density at radius 2 is 2.13 bits per heavy atom. The molecule has 1 heterocycles. The summed E-state index contributed by atoms with van der Waals surface area (Å²) in [6.45, 7) is 2.80. The van der Waals surface area contributed by atoms with Crippen LogP contribution in [-0.2, 0) is 6.42 Å². The van der Waals surface area contributed by atoms with Crippen LogP contribution >= 0.6 is 11.3 Å². The van der Waals surface area contributed by atoms with Crippen molar-refractivity contribution >= 4 is 11.3 Å². The van der Waals surface area contributed by atoms with Crippen LogP contribution in [0.5, 0.6) is 0 Å². The molecule has 0 amide bonds. The van der Waals surface area contributed by atoms with Crippen molar-refractivity contribution in [2.45, 2.75) is 13.3 Å². The number of thiazole rings is 1. The molecule has 0 unspecified atom stereocenters. The highest BCUT2D eigenvalue weighted by atomic mass is 32.1. The van der Waals surface area contributed by atoms with Crippen molar-refractivity contribution in [1.82, 2.24) is 4.98 Å². The molecule has 0 bridgehead atoms. The van der Waals surface area contributed by atoms with Gasteiger partial charge in [-0.25, -0.2) is 4.98 Å². The van der Waals surface area contributed by atoms with Gasteiger partial charge in [0, 0.05) is 16.6 Å². The molecular weight excluding hydrogens is 204 g/mol. The van der Waals surface area contributed by atoms with Crippen molar-refractivity contribution in [3.63, 3.8) is 0 Å². The normalized spacial score (nSPS) is 10.5. The van der Waals surface area contributed by atoms with Gasteiger partial charge in [0.2, 0.25) is 0 Å². The topological polar surface area (TPSA) is 38.9 Å². The fourth-order valence-corrected chi connectivity index (χ4v) is 2.52. The van der Waals surface area contributed by atoms with Gasteiger partial charge in [-0.3, -0.25) is 0 Å². The predicted octanol–water partition coefficient (Wildman–Crippen LogP) is 2.62. The van der Waals surface area contributed by atoms with E-state index in [0.717, 1.165) is 11.4 Å². The molecule has 0 saturated heterocycles. The Labute approximate surface area is 93.8 Å². The lowest BCUT2D eigenvalue weighted by Gasteiger charge is -1.99. The minimum atomic E-state index is 0.690. The molecule has 1 aromatic carbocycles. The van der Waals surface area contributed by atoms with E-state index in [1.807, 2.05) is 18.3 Å². The molecule has 0 saturated carbocycles. The lowest BCUT2D eigenvalue weighted by molar-refractivity contribution is 0.984. The third-order valence-electron chi connectivity index (χ3n) is 2.32. The fraction of sp³-hybridized carbons (Fsp3) is 0.250. The van der Waals surface area contributed by atoms with Crippen LogP contribution in [-0.4, -0.2) is 11.5 Å². The van der Waals surface area contributed by atoms with Gasteiger partial charge in [0.1, 0.15) is 5.01 Å². The summed E-state index contributed by atoms with van der Waals surface area (Å²) in [7, 11) is 0. The number of aromatic nitrogens is 1. The van der Waals surface area contributed by atoms with E-state index in [1.165, 1.54) is 16.0 Å². The van der Waals surface area contributed by atoms with Crippen LogP contribution in [0.4, 0.5) is 0 Å². The summed E-state index contributed by atoms with van der Waals surface area (Å²) in [5.41, 5.74) is 8.01. The highest BCUT2D eigenvalue weighted by Crippen LogP contribution is 2.27. The molecule has 2 nitrogen and oxygen atoms in total. The zero-order chi connectivity index (χ0) is 10.7. The summed E-state index contributed by atoms with van der Waals surface area (Å²) in [5, 5.41) is 1.09. The first-order chi connectivity index (χ1) is 7.31. The summed E-state index contributed by atoms with van der Waals surface area (Å²) in [6, 6.07) is 8.32. The quantitative estimate of drug-likeness (QED) is 0.860. The molecule has 1 aromatic heterocycles. The van der Waals surface area contributed by atoms with Gasteiger partial charge in [0.25, 0.3) is 0 Å². The van der Waals surface area contributed by atoms with Crippen LogP contribution in [0.2, 0.25) is 0 Å². The molecule has 0 aliphatic carbocycles. The molecule has 0 aliphatic rings. The summed E-state index contributed by atoms with van der Waals surface area (Å²) >= 11 is 1.73. The Morgan fingerprint density at radius 1 is 1.33 bits per heavy atom. The Bertz CT molecular complexity index is 448. The molecule has 0 atom stereocenters. The van der Waals surface area contributed by atoms with Crippen molar-refractivity contribution in [1.29, 1.82) is 0 Å². The van der Waals surface area contributed by atoms with Crippen LogP contribution in [0.1, 0.15) is 10.4 Å². The first-order valence-electron chi connectivity index (χ1n) is 5.02. The highest BCUT2D eigenvalue weighted by Gasteiger charge is 2.05. The van der Waals surface area contributed by atoms with Crippen LogP contribution in [0.3, 0.4) is 0 Å². The number of benzene rings is 1. The van der Waals surface area contributed by atoms with Gasteiger partial charge < -0.3 is 5.73 Å². The van der Waals surface area contributed by atoms with Crippen LogP contribution in [0.25, 0.3) is 10.6 Å². The Kier molecular flexibility index (Phi) is 3.14. The van der Waals surface area contributed by atoms with Crippen LogP contribution < -0.4 is 5.73 Å². The number of hydrogen-bond acceptors (Lipinski definition) is 3. The van der Waals surface area contributed by atoms with Crippen molar-refractivity contribution in [3.05, 3.63) is 40.9 Å². The van der Waals surface area contributed by atoms with Crippen LogP contribution in [0, 0.1) is 6.92 Å². The third-order valence-corrected chi connectivity index (χ3v) is 3.41. The second-order valence-corrected chi connectivity index (χ2v) is 4.60. The van der Waals surface area contributed by atoms with Gasteiger partial charge in [-0.05, 0) is 25.5 Å². The maximum absolute atomic E-state index is 5.52. The molecule has 0 fully saturated rings. The summed E-state index contributed by atoms with van der Waals surface area (Å²) in [6.07, 6.45) is 2.85. The Morgan fingerprint density at radius 3 is 2.87 bits per heavy atom. The molecule has 0 aliphatic heterocycles. The molecule has 78 valence electrons. The van der Waals surface area contributed by atoms with E-state index in [-0.39, 0.29) is 0 Å². The average molecular weight is 218 g/mol. The van der Waals surface area contributed by atoms with E-state index in [2.05, 4.69) is 24.0 Å². The molecule has 15 heavy (non-hydrogen) atoms. The van der Waals surface area contributed by atoms with Gasteiger partial charge in [0.05, 0.1) is 0 Å². The van der Waals surface area contributed by atoms with E-state index in [9.17, 15) is 0 Å². The van der Waals surface area contributed by atoms with Crippen molar-refractivity contribution < 1.29 is 0 Å². The number of rotatable bonds is 3. The van der Waals surface area contributed by atoms with E-state index >= 15 is 0 Å². The van der Waals surface area contributed by atoms with Gasteiger partial charge in [-0.1, -0.05) is 24.3 Å². The lowest BCUT2D eigenvalue weighted by atomic mass is 10.1. The first-order valence-corrected chi connectivity index (χ1v) is 5.83. The molecule has 2 N–H and O–H groups in total. The fourth-order valence-electron chi connectivity index (χ4n) is 1.50. The maximum atomic E-state index is 5.52. The second-order valence-electron chi connectivity index (χ2n) is 3.49. The smallest absolute Gasteiger partial charge is 0.123 e. The minimum absolute atomic E-state index is 0.690. The van der Waals surface area contributed by atoms with E-state index < -0.39 is 0 Å². The summed E-state index contributed by atoms with van der Waals surface area (Å²) < 4.78 is 0. The zero-order valence-electron chi connectivity index (χ0n) is 8.73. The first kappa shape index (κ1) is 10.3. The maximum Gasteiger partial charge on any atom is 0.123 e. The standard InChI is InChI=1S/C12H14N2S/c1-9-4-2-3-5-11(9)12-14-8-10(15-12)6-7-13/h2-5,8H,6-7,13H2,1H3. The Balaban J connectivity index is 2.33. The number of nitrogens with zero attached hydrogens (tertiary/aromatic N) is 1. The molecule has 2 aromatic rings. The molecule has 2 rings (SSSR count). The SMILES string of the molecule is Cc1ccccc1-c1ncc(CCN)s1. The van der Waals surface area contributed by atoms with Crippen molar-refractivity contribution in [2.75, 3.05) is 6.54 Å². The largest absolute Gasteiger partial charge is 0.330 e. The average Bonchev–Trinajstić information content (AvgIpc) is 2.68. The van der Waals surface area contributed by atoms with Gasteiger partial charge >= 0.3 is 0 Å². The minimum Gasteiger partial charge on any atom is -0.330 e. The zero-order valence-corrected chi connectivity index (χ0v) is 9.55. The van der Waals surface area contributed by atoms with E-state index in [4.69, 9.17) is 5.73 Å². The van der Waals surface area contributed by atoms with Gasteiger partial charge in [0.15, 0.2) is 0 Å². The van der Waals surface area contributed by atoms with Gasteiger partial charge in [-0.15, -0.1) is 11.3 Å². The molecule has 0 radical (unpaired) electrons. The summed E-state index contributed by atoms with van der Waals surface area (Å²) in [5.74, 6) is 0. The van der Waals surface area contributed by atoms with Crippen molar-refractivity contribution in [2.24, 2.45) is 5.73 Å². The van der Waals surface area contributed by atoms with E-state index in [0.29, 0.717) is 6.54 Å². The van der Waals surface area contributed by atoms with Gasteiger partial charge in [-0.2, -0.15) is 0 Å². The summed E-state index contributed by atoms with van der Waals surface area (Å²) in [4.78, 5) is 5.69. The molecule has 0 spiro atoms. The highest BCUT2D eigenvalue weighted by molar-refractivity contribution is 7.15. The number of aryl methyl sites for hydroxylation is 1. The van der Waals surface area contributed by atoms with E-state index in [1.54, 1.807) is 11.3 Å². The third kappa shape index (κ3) is 2.25. The van der Waals surface area contributed by atoms with Crippen LogP contribution in [0.15, 0.2) is 30.5 Å². The Hall–Kier alpha value is -1.19. The predicted molar refractivity (Wildman–Crippen MR) is 65.0 cm³/mol. The number of hydrogen-bond donors (Lipinski definition) is 1. The molecule has 3 heteroatoms. The monoisotopic (exact) mass is 218 g/mol. The van der Waals surface area contributed by atoms with Crippen molar-refractivity contribution in [3.8, 4) is 10.6 Å². The molecular formula is C12H14N2S.